The Bertz CT molecular complexity index is 644. The Morgan fingerprint density at radius 2 is 1.95 bits per heavy atom. The van der Waals surface area contributed by atoms with Gasteiger partial charge in [0, 0.05) is 5.41 Å². The van der Waals surface area contributed by atoms with Crippen molar-refractivity contribution >= 4 is 17.5 Å². The first-order chi connectivity index (χ1) is 9.73. The highest BCUT2D eigenvalue weighted by Crippen LogP contribution is 2.34. The molecule has 0 fully saturated rings. The lowest BCUT2D eigenvalue weighted by atomic mass is 9.91. The van der Waals surface area contributed by atoms with Crippen LogP contribution >= 0.6 is 11.5 Å². The molecule has 2 aromatic heterocycles. The maximum Gasteiger partial charge on any atom is 0.308 e. The smallest absolute Gasteiger partial charge is 0.308 e. The average molecular weight is 310 g/mol. The molecule has 9 heteroatoms. The van der Waals surface area contributed by atoms with E-state index in [1.165, 1.54) is 16.2 Å². The fourth-order valence-corrected chi connectivity index (χ4v) is 2.72. The number of hydrogen-bond donors (Lipinski definition) is 1. The minimum Gasteiger partial charge on any atom is -0.481 e. The first-order valence-electron chi connectivity index (χ1n) is 6.57. The number of tetrazole rings is 1. The van der Waals surface area contributed by atoms with Gasteiger partial charge in [-0.3, -0.25) is 4.79 Å². The van der Waals surface area contributed by atoms with Crippen molar-refractivity contribution < 1.29 is 9.90 Å². The monoisotopic (exact) mass is 310 g/mol. The zero-order chi connectivity index (χ0) is 15.8. The van der Waals surface area contributed by atoms with Crippen LogP contribution in [0.1, 0.15) is 46.4 Å². The van der Waals surface area contributed by atoms with Gasteiger partial charge in [0.2, 0.25) is 0 Å². The van der Waals surface area contributed by atoms with Crippen molar-refractivity contribution in [1.29, 1.82) is 0 Å². The summed E-state index contributed by atoms with van der Waals surface area (Å²) in [6, 6.07) is -0.373. The van der Waals surface area contributed by atoms with E-state index in [0.29, 0.717) is 5.82 Å². The van der Waals surface area contributed by atoms with Gasteiger partial charge in [-0.15, -0.1) is 10.2 Å². The summed E-state index contributed by atoms with van der Waals surface area (Å²) in [6.07, 6.45) is 0. The third kappa shape index (κ3) is 2.92. The Morgan fingerprint density at radius 3 is 2.52 bits per heavy atom. The second-order valence-corrected chi connectivity index (χ2v) is 6.77. The van der Waals surface area contributed by atoms with Crippen LogP contribution in [0.3, 0.4) is 0 Å². The molecule has 2 aromatic rings. The summed E-state index contributed by atoms with van der Waals surface area (Å²) in [7, 11) is 0. The van der Waals surface area contributed by atoms with Crippen molar-refractivity contribution in [2.75, 3.05) is 0 Å². The van der Waals surface area contributed by atoms with E-state index in [0.717, 1.165) is 10.6 Å². The summed E-state index contributed by atoms with van der Waals surface area (Å²) in [4.78, 5) is 11.9. The molecule has 0 aromatic carbocycles. The zero-order valence-corrected chi connectivity index (χ0v) is 13.4. The Balaban J connectivity index is 2.47. The first kappa shape index (κ1) is 15.5. The fraction of sp³-hybridized carbons (Fsp3) is 0.667. The van der Waals surface area contributed by atoms with Gasteiger partial charge in [0.25, 0.3) is 0 Å². The highest BCUT2D eigenvalue weighted by Gasteiger charge is 2.30. The number of hydrogen-bond acceptors (Lipinski definition) is 7. The van der Waals surface area contributed by atoms with Crippen molar-refractivity contribution in [1.82, 2.24) is 29.8 Å². The van der Waals surface area contributed by atoms with E-state index in [-0.39, 0.29) is 11.5 Å². The van der Waals surface area contributed by atoms with Crippen LogP contribution in [0.4, 0.5) is 0 Å². The van der Waals surface area contributed by atoms with Gasteiger partial charge in [0.1, 0.15) is 4.88 Å². The molecule has 2 heterocycles. The number of carbonyl (C=O) groups is 1. The Hall–Kier alpha value is -1.90. The second kappa shape index (κ2) is 5.47. The summed E-state index contributed by atoms with van der Waals surface area (Å²) in [6.45, 7) is 9.51. The summed E-state index contributed by atoms with van der Waals surface area (Å²) in [5, 5.41) is 25.0. The van der Waals surface area contributed by atoms with Crippen molar-refractivity contribution in [2.45, 2.75) is 46.1 Å². The van der Waals surface area contributed by atoms with E-state index < -0.39 is 11.9 Å². The molecule has 0 saturated carbocycles. The van der Waals surface area contributed by atoms with Crippen molar-refractivity contribution in [3.63, 3.8) is 0 Å². The van der Waals surface area contributed by atoms with Crippen molar-refractivity contribution in [2.24, 2.45) is 5.92 Å². The maximum absolute atomic E-state index is 11.2. The first-order valence-corrected chi connectivity index (χ1v) is 7.34. The molecule has 0 aliphatic carbocycles. The molecule has 0 aliphatic heterocycles. The molecule has 0 saturated heterocycles. The SMILES string of the molecule is CC(C(=O)O)C(C)n1nnnc1-c1snnc1C(C)(C)C. The molecular formula is C12H18N6O2S. The Kier molecular flexibility index (Phi) is 4.04. The highest BCUT2D eigenvalue weighted by atomic mass is 32.1. The molecule has 1 N–H and O–H groups in total. The summed E-state index contributed by atoms with van der Waals surface area (Å²) in [5.74, 6) is -0.982. The lowest BCUT2D eigenvalue weighted by Gasteiger charge is -2.19. The quantitative estimate of drug-likeness (QED) is 0.917. The van der Waals surface area contributed by atoms with Crippen LogP contribution in [0.2, 0.25) is 0 Å². The molecule has 0 radical (unpaired) electrons. The van der Waals surface area contributed by atoms with Gasteiger partial charge < -0.3 is 5.11 Å². The molecule has 8 nitrogen and oxygen atoms in total. The molecule has 0 bridgehead atoms. The van der Waals surface area contributed by atoms with Crippen LogP contribution in [0.5, 0.6) is 0 Å². The van der Waals surface area contributed by atoms with Crippen molar-refractivity contribution in [3.05, 3.63) is 5.69 Å². The standard InChI is InChI=1S/C12H18N6O2S/c1-6(11(19)20)7(2)18-10(14-15-16-18)8-9(12(3,4)5)13-17-21-8/h6-7H,1-5H3,(H,19,20). The molecule has 2 atom stereocenters. The maximum atomic E-state index is 11.2. The van der Waals surface area contributed by atoms with Crippen LogP contribution in [0.25, 0.3) is 10.7 Å². The van der Waals surface area contributed by atoms with E-state index >= 15 is 0 Å². The molecular weight excluding hydrogens is 292 g/mol. The number of rotatable bonds is 4. The fourth-order valence-electron chi connectivity index (χ4n) is 1.86. The predicted octanol–water partition coefficient (Wildman–Crippen LogP) is 1.77. The van der Waals surface area contributed by atoms with Gasteiger partial charge in [0.05, 0.1) is 17.7 Å². The lowest BCUT2D eigenvalue weighted by molar-refractivity contribution is -0.142. The number of aliphatic carboxylic acids is 1. The summed E-state index contributed by atoms with van der Waals surface area (Å²) < 4.78 is 5.52. The normalized spacial score (nSPS) is 14.9. The van der Waals surface area contributed by atoms with Gasteiger partial charge in [-0.1, -0.05) is 25.3 Å². The van der Waals surface area contributed by atoms with E-state index in [2.05, 4.69) is 25.1 Å². The third-order valence-corrected chi connectivity index (χ3v) is 4.12. The van der Waals surface area contributed by atoms with Gasteiger partial charge in [-0.05, 0) is 35.8 Å². The molecule has 2 rings (SSSR count). The molecule has 0 amide bonds. The largest absolute Gasteiger partial charge is 0.481 e. The number of carboxylic acids is 1. The van der Waals surface area contributed by atoms with E-state index in [9.17, 15) is 4.79 Å². The molecule has 2 unspecified atom stereocenters. The lowest BCUT2D eigenvalue weighted by Crippen LogP contribution is -2.23. The minimum absolute atomic E-state index is 0.194. The highest BCUT2D eigenvalue weighted by molar-refractivity contribution is 7.09. The number of carboxylic acid groups (broad SMARTS) is 1. The summed E-state index contributed by atoms with van der Waals surface area (Å²) in [5.41, 5.74) is 0.611. The van der Waals surface area contributed by atoms with Crippen LogP contribution in [0.15, 0.2) is 0 Å². The third-order valence-electron chi connectivity index (χ3n) is 3.39. The Morgan fingerprint density at radius 1 is 1.29 bits per heavy atom. The predicted molar refractivity (Wildman–Crippen MR) is 76.9 cm³/mol. The number of aromatic nitrogens is 6. The van der Waals surface area contributed by atoms with Gasteiger partial charge in [-0.2, -0.15) is 0 Å². The minimum atomic E-state index is -0.887. The Labute approximate surface area is 126 Å². The summed E-state index contributed by atoms with van der Waals surface area (Å²) >= 11 is 1.21. The van der Waals surface area contributed by atoms with Crippen LogP contribution in [0, 0.1) is 5.92 Å². The number of nitrogens with zero attached hydrogens (tertiary/aromatic N) is 6. The topological polar surface area (TPSA) is 107 Å². The van der Waals surface area contributed by atoms with Crippen LogP contribution < -0.4 is 0 Å². The molecule has 0 aliphatic rings. The van der Waals surface area contributed by atoms with Gasteiger partial charge >= 0.3 is 5.97 Å². The van der Waals surface area contributed by atoms with Crippen molar-refractivity contribution in [3.8, 4) is 10.7 Å². The van der Waals surface area contributed by atoms with E-state index in [4.69, 9.17) is 5.11 Å². The molecule has 114 valence electrons. The second-order valence-electron chi connectivity index (χ2n) is 6.02. The van der Waals surface area contributed by atoms with Gasteiger partial charge in [0.15, 0.2) is 5.82 Å². The van der Waals surface area contributed by atoms with E-state index in [1.807, 2.05) is 20.8 Å². The zero-order valence-electron chi connectivity index (χ0n) is 12.6. The van der Waals surface area contributed by atoms with Crippen LogP contribution in [-0.4, -0.2) is 40.9 Å². The van der Waals surface area contributed by atoms with E-state index in [1.54, 1.807) is 13.8 Å². The van der Waals surface area contributed by atoms with Crippen LogP contribution in [-0.2, 0) is 10.2 Å². The molecule has 0 spiro atoms. The van der Waals surface area contributed by atoms with Gasteiger partial charge in [-0.25, -0.2) is 4.68 Å². The average Bonchev–Trinajstić information content (AvgIpc) is 3.03. The molecule has 21 heavy (non-hydrogen) atoms.